The first kappa shape index (κ1) is 18.1. The molecule has 5 nitrogen and oxygen atoms in total. The summed E-state index contributed by atoms with van der Waals surface area (Å²) >= 11 is 5.95. The molecule has 4 rings (SSSR count). The number of rotatable bonds is 5. The van der Waals surface area contributed by atoms with E-state index in [9.17, 15) is 4.79 Å². The van der Waals surface area contributed by atoms with E-state index in [4.69, 9.17) is 16.6 Å². The van der Waals surface area contributed by atoms with Gasteiger partial charge in [-0.2, -0.15) is 0 Å². The van der Waals surface area contributed by atoms with Crippen molar-refractivity contribution in [2.24, 2.45) is 0 Å². The predicted molar refractivity (Wildman–Crippen MR) is 114 cm³/mol. The molecule has 0 atom stereocenters. The summed E-state index contributed by atoms with van der Waals surface area (Å²) in [4.78, 5) is 17.0. The molecule has 0 aliphatic heterocycles. The smallest absolute Gasteiger partial charge is 0.319 e. The number of urea groups is 1. The molecular weight excluding hydrogens is 372 g/mol. The Hall–Kier alpha value is -3.31. The number of hydrogen-bond donors (Lipinski definition) is 2. The average Bonchev–Trinajstić information content (AvgIpc) is 3.07. The van der Waals surface area contributed by atoms with Crippen LogP contribution in [0.2, 0.25) is 5.02 Å². The number of hydrogen-bond acceptors (Lipinski definition) is 2. The Bertz CT molecular complexity index is 1110. The number of nitrogens with zero attached hydrogens (tertiary/aromatic N) is 2. The Morgan fingerprint density at radius 1 is 0.964 bits per heavy atom. The quantitative estimate of drug-likeness (QED) is 0.493. The number of nitrogens with one attached hydrogen (secondary N) is 2. The first-order valence-corrected chi connectivity index (χ1v) is 9.39. The highest BCUT2D eigenvalue weighted by Crippen LogP contribution is 2.24. The Morgan fingerprint density at radius 2 is 1.75 bits per heavy atom. The Labute approximate surface area is 168 Å². The molecule has 3 aromatic carbocycles. The van der Waals surface area contributed by atoms with Crippen LogP contribution < -0.4 is 10.6 Å². The summed E-state index contributed by atoms with van der Waals surface area (Å²) in [5, 5.41) is 6.26. The zero-order valence-corrected chi connectivity index (χ0v) is 15.9. The zero-order valence-electron chi connectivity index (χ0n) is 15.1. The SMILES string of the molecule is O=C(NCCn1c(-c2ccccc2)nc2ccccc21)Nc1cccc(Cl)c1. The molecule has 0 saturated carbocycles. The summed E-state index contributed by atoms with van der Waals surface area (Å²) in [5.74, 6) is 0.888. The summed E-state index contributed by atoms with van der Waals surface area (Å²) < 4.78 is 2.13. The van der Waals surface area contributed by atoms with Gasteiger partial charge in [-0.25, -0.2) is 9.78 Å². The van der Waals surface area contributed by atoms with Crippen LogP contribution in [0.3, 0.4) is 0 Å². The van der Waals surface area contributed by atoms with Gasteiger partial charge in [0.25, 0.3) is 0 Å². The molecule has 0 saturated heterocycles. The predicted octanol–water partition coefficient (Wildman–Crippen LogP) is 5.18. The summed E-state index contributed by atoms with van der Waals surface area (Å²) in [6.45, 7) is 1.07. The molecule has 1 heterocycles. The standard InChI is InChI=1S/C22H19ClN4O/c23-17-9-6-10-18(15-17)25-22(28)24-13-14-27-20-12-5-4-11-19(20)26-21(27)16-7-2-1-3-8-16/h1-12,15H,13-14H2,(H2,24,25,28). The maximum Gasteiger partial charge on any atom is 0.319 e. The van der Waals surface area contributed by atoms with Crippen molar-refractivity contribution < 1.29 is 4.79 Å². The van der Waals surface area contributed by atoms with Crippen LogP contribution in [0.15, 0.2) is 78.9 Å². The number of amides is 2. The van der Waals surface area contributed by atoms with Crippen molar-refractivity contribution in [3.63, 3.8) is 0 Å². The van der Waals surface area contributed by atoms with Crippen molar-refractivity contribution in [2.75, 3.05) is 11.9 Å². The number of carbonyl (C=O) groups is 1. The lowest BCUT2D eigenvalue weighted by Gasteiger charge is -2.11. The fraction of sp³-hybridized carbons (Fsp3) is 0.0909. The number of fused-ring (bicyclic) bond motifs is 1. The molecule has 0 aliphatic carbocycles. The minimum atomic E-state index is -0.270. The van der Waals surface area contributed by atoms with E-state index in [0.29, 0.717) is 23.8 Å². The van der Waals surface area contributed by atoms with Gasteiger partial charge in [0.15, 0.2) is 0 Å². The molecule has 2 amide bonds. The van der Waals surface area contributed by atoms with Gasteiger partial charge in [0.05, 0.1) is 11.0 Å². The summed E-state index contributed by atoms with van der Waals surface area (Å²) in [5.41, 5.74) is 3.67. The van der Waals surface area contributed by atoms with Gasteiger partial charge >= 0.3 is 6.03 Å². The first-order chi connectivity index (χ1) is 13.7. The summed E-state index contributed by atoms with van der Waals surface area (Å²) in [7, 11) is 0. The molecular formula is C22H19ClN4O. The van der Waals surface area contributed by atoms with Crippen LogP contribution in [0.4, 0.5) is 10.5 Å². The molecule has 0 spiro atoms. The summed E-state index contributed by atoms with van der Waals surface area (Å²) in [6, 6.07) is 24.9. The molecule has 4 aromatic rings. The number of aromatic nitrogens is 2. The number of anilines is 1. The first-order valence-electron chi connectivity index (χ1n) is 9.02. The van der Waals surface area contributed by atoms with Crippen LogP contribution >= 0.6 is 11.6 Å². The largest absolute Gasteiger partial charge is 0.336 e. The highest BCUT2D eigenvalue weighted by atomic mass is 35.5. The molecule has 0 radical (unpaired) electrons. The van der Waals surface area contributed by atoms with Crippen molar-refractivity contribution in [1.29, 1.82) is 0 Å². The summed E-state index contributed by atoms with van der Waals surface area (Å²) in [6.07, 6.45) is 0. The lowest BCUT2D eigenvalue weighted by molar-refractivity contribution is 0.251. The number of imidazole rings is 1. The molecule has 0 aliphatic rings. The van der Waals surface area contributed by atoms with Gasteiger partial charge in [0.1, 0.15) is 5.82 Å². The van der Waals surface area contributed by atoms with Crippen molar-refractivity contribution >= 4 is 34.4 Å². The Balaban J connectivity index is 1.49. The maximum absolute atomic E-state index is 12.2. The number of benzene rings is 3. The van der Waals surface area contributed by atoms with Gasteiger partial charge < -0.3 is 15.2 Å². The third-order valence-electron chi connectivity index (χ3n) is 4.39. The number of halogens is 1. The highest BCUT2D eigenvalue weighted by Gasteiger charge is 2.12. The van der Waals surface area contributed by atoms with E-state index in [1.165, 1.54) is 0 Å². The second kappa shape index (κ2) is 8.15. The van der Waals surface area contributed by atoms with Crippen molar-refractivity contribution in [2.45, 2.75) is 6.54 Å². The van der Waals surface area contributed by atoms with E-state index in [2.05, 4.69) is 15.2 Å². The lowest BCUT2D eigenvalue weighted by Crippen LogP contribution is -2.31. The van der Waals surface area contributed by atoms with E-state index in [1.807, 2.05) is 54.6 Å². The van der Waals surface area contributed by atoms with Crippen LogP contribution in [0, 0.1) is 0 Å². The third-order valence-corrected chi connectivity index (χ3v) is 4.63. The Kier molecular flexibility index (Phi) is 5.26. The van der Waals surface area contributed by atoms with Gasteiger partial charge in [-0.1, -0.05) is 60.1 Å². The number of para-hydroxylation sites is 2. The molecule has 28 heavy (non-hydrogen) atoms. The second-order valence-electron chi connectivity index (χ2n) is 6.33. The van der Waals surface area contributed by atoms with Crippen LogP contribution in [-0.2, 0) is 6.54 Å². The third kappa shape index (κ3) is 4.00. The van der Waals surface area contributed by atoms with Gasteiger partial charge in [-0.15, -0.1) is 0 Å². The van der Waals surface area contributed by atoms with Crippen LogP contribution in [-0.4, -0.2) is 22.1 Å². The topological polar surface area (TPSA) is 59.0 Å². The van der Waals surface area contributed by atoms with Gasteiger partial charge in [-0.3, -0.25) is 0 Å². The fourth-order valence-corrected chi connectivity index (χ4v) is 3.32. The zero-order chi connectivity index (χ0) is 19.3. The fourth-order valence-electron chi connectivity index (χ4n) is 3.13. The molecule has 6 heteroatoms. The van der Waals surface area contributed by atoms with E-state index in [1.54, 1.807) is 24.3 Å². The lowest BCUT2D eigenvalue weighted by atomic mass is 10.2. The minimum absolute atomic E-state index is 0.270. The molecule has 1 aromatic heterocycles. The normalized spacial score (nSPS) is 10.8. The van der Waals surface area contributed by atoms with Gasteiger partial charge in [0, 0.05) is 29.4 Å². The van der Waals surface area contributed by atoms with Crippen LogP contribution in [0.25, 0.3) is 22.4 Å². The molecule has 0 unspecified atom stereocenters. The van der Waals surface area contributed by atoms with Crippen LogP contribution in [0.5, 0.6) is 0 Å². The molecule has 0 bridgehead atoms. The van der Waals surface area contributed by atoms with E-state index in [-0.39, 0.29) is 6.03 Å². The average molecular weight is 391 g/mol. The maximum atomic E-state index is 12.2. The van der Waals surface area contributed by atoms with Crippen molar-refractivity contribution in [3.8, 4) is 11.4 Å². The Morgan fingerprint density at radius 3 is 2.57 bits per heavy atom. The molecule has 0 fully saturated rings. The minimum Gasteiger partial charge on any atom is -0.336 e. The van der Waals surface area contributed by atoms with Crippen molar-refractivity contribution in [3.05, 3.63) is 83.9 Å². The van der Waals surface area contributed by atoms with Crippen LogP contribution in [0.1, 0.15) is 0 Å². The van der Waals surface area contributed by atoms with E-state index >= 15 is 0 Å². The van der Waals surface area contributed by atoms with Gasteiger partial charge in [-0.05, 0) is 30.3 Å². The monoisotopic (exact) mass is 390 g/mol. The van der Waals surface area contributed by atoms with Gasteiger partial charge in [0.2, 0.25) is 0 Å². The van der Waals surface area contributed by atoms with Crippen molar-refractivity contribution in [1.82, 2.24) is 14.9 Å². The second-order valence-corrected chi connectivity index (χ2v) is 6.77. The van der Waals surface area contributed by atoms with E-state index in [0.717, 1.165) is 22.4 Å². The highest BCUT2D eigenvalue weighted by molar-refractivity contribution is 6.30. The van der Waals surface area contributed by atoms with E-state index < -0.39 is 0 Å². The molecule has 140 valence electrons. The number of carbonyl (C=O) groups excluding carboxylic acids is 1. The molecule has 2 N–H and O–H groups in total.